The van der Waals surface area contributed by atoms with Gasteiger partial charge in [-0.1, -0.05) is 32.0 Å². The van der Waals surface area contributed by atoms with E-state index in [1.807, 2.05) is 24.3 Å². The van der Waals surface area contributed by atoms with Crippen molar-refractivity contribution in [2.75, 3.05) is 25.0 Å². The molecule has 1 aliphatic rings. The van der Waals surface area contributed by atoms with E-state index in [0.29, 0.717) is 19.0 Å². The summed E-state index contributed by atoms with van der Waals surface area (Å²) in [4.78, 5) is 14.4. The van der Waals surface area contributed by atoms with Crippen LogP contribution < -0.4 is 11.1 Å². The Morgan fingerprint density at radius 2 is 2.10 bits per heavy atom. The number of rotatable bonds is 4. The molecule has 3 N–H and O–H groups in total. The van der Waals surface area contributed by atoms with E-state index in [0.717, 1.165) is 30.3 Å². The van der Waals surface area contributed by atoms with Gasteiger partial charge >= 0.3 is 0 Å². The number of nitrogens with one attached hydrogen (secondary N) is 1. The van der Waals surface area contributed by atoms with Crippen molar-refractivity contribution in [1.82, 2.24) is 4.90 Å². The number of hydrogen-bond donors (Lipinski definition) is 2. The standard InChI is InChI=1S/C16H25N3O/c1-12-7-8-19(10-13(12)2)11-16(20)18-15-6-4-3-5-14(15)9-17/h3-6,12-13H,7-11,17H2,1-2H3,(H,18,20). The third kappa shape index (κ3) is 3.81. The van der Waals surface area contributed by atoms with Gasteiger partial charge in [-0.2, -0.15) is 0 Å². The fraction of sp³-hybridized carbons (Fsp3) is 0.562. The SMILES string of the molecule is CC1CCN(CC(=O)Nc2ccccc2CN)CC1C. The maximum atomic E-state index is 12.1. The largest absolute Gasteiger partial charge is 0.326 e. The second-order valence-corrected chi connectivity index (χ2v) is 5.89. The molecule has 2 rings (SSSR count). The highest BCUT2D eigenvalue weighted by atomic mass is 16.2. The van der Waals surface area contributed by atoms with Crippen molar-refractivity contribution in [1.29, 1.82) is 0 Å². The van der Waals surface area contributed by atoms with Crippen molar-refractivity contribution >= 4 is 11.6 Å². The number of nitrogens with two attached hydrogens (primary N) is 1. The first kappa shape index (κ1) is 15.0. The van der Waals surface area contributed by atoms with Crippen LogP contribution in [0.15, 0.2) is 24.3 Å². The lowest BCUT2D eigenvalue weighted by molar-refractivity contribution is -0.117. The summed E-state index contributed by atoms with van der Waals surface area (Å²) in [6.07, 6.45) is 1.17. The summed E-state index contributed by atoms with van der Waals surface area (Å²) in [5, 5.41) is 2.97. The Labute approximate surface area is 121 Å². The number of hydrogen-bond acceptors (Lipinski definition) is 3. The van der Waals surface area contributed by atoms with Crippen LogP contribution in [0.3, 0.4) is 0 Å². The summed E-state index contributed by atoms with van der Waals surface area (Å²) in [5.74, 6) is 1.47. The van der Waals surface area contributed by atoms with Crippen LogP contribution >= 0.6 is 0 Å². The second kappa shape index (κ2) is 6.86. The van der Waals surface area contributed by atoms with Gasteiger partial charge in [0.05, 0.1) is 6.54 Å². The topological polar surface area (TPSA) is 58.4 Å². The van der Waals surface area contributed by atoms with Crippen molar-refractivity contribution < 1.29 is 4.79 Å². The first-order valence-electron chi connectivity index (χ1n) is 7.40. The molecule has 0 aromatic heterocycles. The van der Waals surface area contributed by atoms with E-state index in [4.69, 9.17) is 5.73 Å². The molecule has 20 heavy (non-hydrogen) atoms. The summed E-state index contributed by atoms with van der Waals surface area (Å²) in [6.45, 7) is 7.48. The van der Waals surface area contributed by atoms with Crippen LogP contribution in [-0.2, 0) is 11.3 Å². The number of benzene rings is 1. The second-order valence-electron chi connectivity index (χ2n) is 5.89. The lowest BCUT2D eigenvalue weighted by Gasteiger charge is -2.34. The maximum Gasteiger partial charge on any atom is 0.238 e. The lowest BCUT2D eigenvalue weighted by Crippen LogP contribution is -2.42. The first-order valence-corrected chi connectivity index (χ1v) is 7.40. The molecule has 4 nitrogen and oxygen atoms in total. The van der Waals surface area contributed by atoms with Crippen LogP contribution in [-0.4, -0.2) is 30.4 Å². The van der Waals surface area contributed by atoms with Crippen molar-refractivity contribution in [3.8, 4) is 0 Å². The van der Waals surface area contributed by atoms with Crippen LogP contribution in [0.5, 0.6) is 0 Å². The Hall–Kier alpha value is -1.39. The van der Waals surface area contributed by atoms with Crippen molar-refractivity contribution in [2.24, 2.45) is 17.6 Å². The van der Waals surface area contributed by atoms with E-state index in [1.54, 1.807) is 0 Å². The summed E-state index contributed by atoms with van der Waals surface area (Å²) >= 11 is 0. The molecule has 0 spiro atoms. The highest BCUT2D eigenvalue weighted by Gasteiger charge is 2.23. The van der Waals surface area contributed by atoms with E-state index in [2.05, 4.69) is 24.1 Å². The quantitative estimate of drug-likeness (QED) is 0.884. The molecule has 1 saturated heterocycles. The molecule has 0 radical (unpaired) electrons. The zero-order chi connectivity index (χ0) is 14.5. The summed E-state index contributed by atoms with van der Waals surface area (Å²) < 4.78 is 0. The number of carbonyl (C=O) groups is 1. The Bertz CT molecular complexity index is 461. The van der Waals surface area contributed by atoms with Gasteiger partial charge in [0.15, 0.2) is 0 Å². The predicted octanol–water partition coefficient (Wildman–Crippen LogP) is 2.06. The van der Waals surface area contributed by atoms with Gasteiger partial charge in [-0.05, 0) is 36.4 Å². The maximum absolute atomic E-state index is 12.1. The smallest absolute Gasteiger partial charge is 0.238 e. The average Bonchev–Trinajstić information content (AvgIpc) is 2.43. The van der Waals surface area contributed by atoms with Crippen LogP contribution in [0.25, 0.3) is 0 Å². The first-order chi connectivity index (χ1) is 9.60. The number of carbonyl (C=O) groups excluding carboxylic acids is 1. The Balaban J connectivity index is 1.89. The minimum Gasteiger partial charge on any atom is -0.326 e. The molecule has 2 unspecified atom stereocenters. The third-order valence-corrected chi connectivity index (χ3v) is 4.30. The van der Waals surface area contributed by atoms with Gasteiger partial charge < -0.3 is 11.1 Å². The number of anilines is 1. The number of likely N-dealkylation sites (tertiary alicyclic amines) is 1. The minimum absolute atomic E-state index is 0.0488. The molecule has 0 saturated carbocycles. The van der Waals surface area contributed by atoms with Crippen molar-refractivity contribution in [3.63, 3.8) is 0 Å². The van der Waals surface area contributed by atoms with Crippen LogP contribution in [0, 0.1) is 11.8 Å². The molecule has 1 aromatic rings. The molecule has 1 fully saturated rings. The molecule has 4 heteroatoms. The average molecular weight is 275 g/mol. The molecule has 0 aliphatic carbocycles. The van der Waals surface area contributed by atoms with Crippen LogP contribution in [0.4, 0.5) is 5.69 Å². The monoisotopic (exact) mass is 275 g/mol. The van der Waals surface area contributed by atoms with E-state index >= 15 is 0 Å². The van der Waals surface area contributed by atoms with E-state index < -0.39 is 0 Å². The number of nitrogens with zero attached hydrogens (tertiary/aromatic N) is 1. The summed E-state index contributed by atoms with van der Waals surface area (Å²) in [6, 6.07) is 7.70. The molecule has 0 bridgehead atoms. The lowest BCUT2D eigenvalue weighted by atomic mass is 9.89. The van der Waals surface area contributed by atoms with Gasteiger partial charge in [0, 0.05) is 18.8 Å². The fourth-order valence-electron chi connectivity index (χ4n) is 2.71. The van der Waals surface area contributed by atoms with Crippen LogP contribution in [0.2, 0.25) is 0 Å². The van der Waals surface area contributed by atoms with Gasteiger partial charge in [-0.15, -0.1) is 0 Å². The molecule has 1 amide bonds. The van der Waals surface area contributed by atoms with Gasteiger partial charge in [0.2, 0.25) is 5.91 Å². The summed E-state index contributed by atoms with van der Waals surface area (Å²) in [5.41, 5.74) is 7.49. The Kier molecular flexibility index (Phi) is 5.15. The highest BCUT2D eigenvalue weighted by Crippen LogP contribution is 2.22. The zero-order valence-corrected chi connectivity index (χ0v) is 12.4. The van der Waals surface area contributed by atoms with Gasteiger partial charge in [0.1, 0.15) is 0 Å². The van der Waals surface area contributed by atoms with Gasteiger partial charge in [-0.25, -0.2) is 0 Å². The zero-order valence-electron chi connectivity index (χ0n) is 12.4. The molecule has 1 heterocycles. The number of para-hydroxylation sites is 1. The third-order valence-electron chi connectivity index (χ3n) is 4.30. The van der Waals surface area contributed by atoms with Crippen LogP contribution in [0.1, 0.15) is 25.8 Å². The molecular formula is C16H25N3O. The van der Waals surface area contributed by atoms with Gasteiger partial charge in [-0.3, -0.25) is 9.69 Å². The molecule has 1 aliphatic heterocycles. The summed E-state index contributed by atoms with van der Waals surface area (Å²) in [7, 11) is 0. The Morgan fingerprint density at radius 3 is 2.80 bits per heavy atom. The van der Waals surface area contributed by atoms with Gasteiger partial charge in [0.25, 0.3) is 0 Å². The van der Waals surface area contributed by atoms with Crippen molar-refractivity contribution in [2.45, 2.75) is 26.8 Å². The minimum atomic E-state index is 0.0488. The molecule has 110 valence electrons. The van der Waals surface area contributed by atoms with E-state index in [1.165, 1.54) is 6.42 Å². The van der Waals surface area contributed by atoms with E-state index in [9.17, 15) is 4.79 Å². The molecule has 1 aromatic carbocycles. The predicted molar refractivity (Wildman–Crippen MR) is 82.3 cm³/mol. The fourth-order valence-corrected chi connectivity index (χ4v) is 2.71. The van der Waals surface area contributed by atoms with Crippen molar-refractivity contribution in [3.05, 3.63) is 29.8 Å². The number of piperidine rings is 1. The highest BCUT2D eigenvalue weighted by molar-refractivity contribution is 5.93. The normalized spacial score (nSPS) is 23.6. The Morgan fingerprint density at radius 1 is 1.35 bits per heavy atom. The molecule has 2 atom stereocenters. The van der Waals surface area contributed by atoms with E-state index in [-0.39, 0.29) is 5.91 Å². The number of amides is 1. The molecular weight excluding hydrogens is 250 g/mol.